The van der Waals surface area contributed by atoms with Crippen LogP contribution in [0.15, 0.2) is 29.3 Å². The van der Waals surface area contributed by atoms with Gasteiger partial charge in [-0.2, -0.15) is 0 Å². The van der Waals surface area contributed by atoms with E-state index in [1.807, 2.05) is 13.8 Å². The quantitative estimate of drug-likeness (QED) is 0.581. The van der Waals surface area contributed by atoms with Crippen LogP contribution in [-0.4, -0.2) is 11.9 Å². The highest BCUT2D eigenvalue weighted by atomic mass is 19.1. The summed E-state index contributed by atoms with van der Waals surface area (Å²) < 4.78 is 12.6. The van der Waals surface area contributed by atoms with E-state index in [2.05, 4.69) is 4.99 Å². The first-order chi connectivity index (χ1) is 6.58. The van der Waals surface area contributed by atoms with Crippen LogP contribution in [-0.2, 0) is 6.42 Å². The van der Waals surface area contributed by atoms with E-state index >= 15 is 0 Å². The Morgan fingerprint density at radius 2 is 1.93 bits per heavy atom. The van der Waals surface area contributed by atoms with Crippen molar-refractivity contribution in [2.75, 3.05) is 0 Å². The standard InChI is InChI=1S/C11H15FN2/c1-8(2)14-11(13)7-9-3-5-10(12)6-4-9/h3-6,8H,7H2,1-2H3,(H2,13,14). The summed E-state index contributed by atoms with van der Waals surface area (Å²) in [5.74, 6) is 0.361. The predicted octanol–water partition coefficient (Wildman–Crippen LogP) is 2.13. The molecule has 3 heteroatoms. The van der Waals surface area contributed by atoms with Gasteiger partial charge in [-0.15, -0.1) is 0 Å². The summed E-state index contributed by atoms with van der Waals surface area (Å²) in [5, 5.41) is 0. The molecule has 0 heterocycles. The fourth-order valence-corrected chi connectivity index (χ4v) is 1.19. The van der Waals surface area contributed by atoms with Gasteiger partial charge in [-0.1, -0.05) is 12.1 Å². The number of nitrogens with two attached hydrogens (primary N) is 1. The van der Waals surface area contributed by atoms with E-state index < -0.39 is 0 Å². The lowest BCUT2D eigenvalue weighted by atomic mass is 10.1. The summed E-state index contributed by atoms with van der Waals surface area (Å²) in [7, 11) is 0. The monoisotopic (exact) mass is 194 g/mol. The zero-order chi connectivity index (χ0) is 10.6. The molecule has 0 atom stereocenters. The molecule has 0 radical (unpaired) electrons. The lowest BCUT2D eigenvalue weighted by Gasteiger charge is -2.03. The third-order valence-electron chi connectivity index (χ3n) is 1.72. The van der Waals surface area contributed by atoms with Crippen molar-refractivity contribution >= 4 is 5.84 Å². The number of nitrogens with zero attached hydrogens (tertiary/aromatic N) is 1. The molecule has 0 spiro atoms. The summed E-state index contributed by atoms with van der Waals surface area (Å²) in [4.78, 5) is 4.20. The molecule has 2 N–H and O–H groups in total. The molecule has 1 aromatic rings. The van der Waals surface area contributed by atoms with Gasteiger partial charge >= 0.3 is 0 Å². The second-order valence-corrected chi connectivity index (χ2v) is 3.52. The molecule has 0 bridgehead atoms. The van der Waals surface area contributed by atoms with Gasteiger partial charge in [-0.05, 0) is 31.5 Å². The maximum Gasteiger partial charge on any atom is 0.123 e. The van der Waals surface area contributed by atoms with Crippen molar-refractivity contribution in [2.45, 2.75) is 26.3 Å². The van der Waals surface area contributed by atoms with Gasteiger partial charge in [0.2, 0.25) is 0 Å². The van der Waals surface area contributed by atoms with Gasteiger partial charge in [0.05, 0.1) is 5.84 Å². The smallest absolute Gasteiger partial charge is 0.123 e. The van der Waals surface area contributed by atoms with Crippen molar-refractivity contribution in [1.82, 2.24) is 0 Å². The molecule has 0 aliphatic rings. The number of amidine groups is 1. The summed E-state index contributed by atoms with van der Waals surface area (Å²) in [5.41, 5.74) is 6.68. The molecule has 0 fully saturated rings. The first kappa shape index (κ1) is 10.7. The minimum absolute atomic E-state index is 0.204. The Morgan fingerprint density at radius 1 is 1.36 bits per heavy atom. The summed E-state index contributed by atoms with van der Waals surface area (Å²) >= 11 is 0. The van der Waals surface area contributed by atoms with E-state index in [0.29, 0.717) is 12.3 Å². The van der Waals surface area contributed by atoms with Gasteiger partial charge in [0.15, 0.2) is 0 Å². The molecule has 0 aromatic heterocycles. The first-order valence-corrected chi connectivity index (χ1v) is 4.64. The van der Waals surface area contributed by atoms with E-state index in [0.717, 1.165) is 5.56 Å². The Balaban J connectivity index is 2.65. The van der Waals surface area contributed by atoms with E-state index in [1.54, 1.807) is 12.1 Å². The van der Waals surface area contributed by atoms with Crippen LogP contribution >= 0.6 is 0 Å². The van der Waals surface area contributed by atoms with Crippen LogP contribution in [0.3, 0.4) is 0 Å². The second-order valence-electron chi connectivity index (χ2n) is 3.52. The molecule has 0 aliphatic carbocycles. The fourth-order valence-electron chi connectivity index (χ4n) is 1.19. The Kier molecular flexibility index (Phi) is 3.63. The van der Waals surface area contributed by atoms with Crippen LogP contribution in [0, 0.1) is 5.82 Å². The molecule has 2 nitrogen and oxygen atoms in total. The molecule has 1 rings (SSSR count). The minimum Gasteiger partial charge on any atom is -0.387 e. The first-order valence-electron chi connectivity index (χ1n) is 4.64. The molecule has 0 aliphatic heterocycles. The van der Waals surface area contributed by atoms with Crippen molar-refractivity contribution in [3.05, 3.63) is 35.6 Å². The number of benzene rings is 1. The normalized spacial score (nSPS) is 12.1. The molecule has 0 amide bonds. The maximum atomic E-state index is 12.6. The molecular weight excluding hydrogens is 179 g/mol. The third-order valence-corrected chi connectivity index (χ3v) is 1.72. The summed E-state index contributed by atoms with van der Waals surface area (Å²) in [6.07, 6.45) is 0.582. The highest BCUT2D eigenvalue weighted by Crippen LogP contribution is 2.03. The van der Waals surface area contributed by atoms with Crippen LogP contribution in [0.25, 0.3) is 0 Å². The van der Waals surface area contributed by atoms with Crippen LogP contribution in [0.2, 0.25) is 0 Å². The van der Waals surface area contributed by atoms with Gasteiger partial charge in [-0.25, -0.2) is 4.39 Å². The molecule has 1 aromatic carbocycles. The Bertz CT molecular complexity index is 315. The topological polar surface area (TPSA) is 38.4 Å². The van der Waals surface area contributed by atoms with Gasteiger partial charge in [0.1, 0.15) is 5.82 Å². The summed E-state index contributed by atoms with van der Waals surface area (Å²) in [6.45, 7) is 3.94. The maximum absolute atomic E-state index is 12.6. The largest absolute Gasteiger partial charge is 0.387 e. The number of aliphatic imine (C=N–C) groups is 1. The van der Waals surface area contributed by atoms with E-state index in [-0.39, 0.29) is 11.9 Å². The van der Waals surface area contributed by atoms with Gasteiger partial charge in [-0.3, -0.25) is 4.99 Å². The third kappa shape index (κ3) is 3.56. The van der Waals surface area contributed by atoms with Crippen LogP contribution < -0.4 is 5.73 Å². The van der Waals surface area contributed by atoms with Crippen LogP contribution in [0.5, 0.6) is 0 Å². The number of hydrogen-bond donors (Lipinski definition) is 1. The van der Waals surface area contributed by atoms with Gasteiger partial charge in [0, 0.05) is 12.5 Å². The lowest BCUT2D eigenvalue weighted by Crippen LogP contribution is -2.17. The summed E-state index contributed by atoms with van der Waals surface area (Å²) in [6, 6.07) is 6.50. The Labute approximate surface area is 83.7 Å². The molecule has 76 valence electrons. The Hall–Kier alpha value is -1.38. The zero-order valence-electron chi connectivity index (χ0n) is 8.50. The van der Waals surface area contributed by atoms with E-state index in [9.17, 15) is 4.39 Å². The number of rotatable bonds is 3. The van der Waals surface area contributed by atoms with Gasteiger partial charge in [0.25, 0.3) is 0 Å². The average Bonchev–Trinajstić information content (AvgIpc) is 2.07. The molecule has 14 heavy (non-hydrogen) atoms. The zero-order valence-corrected chi connectivity index (χ0v) is 8.50. The van der Waals surface area contributed by atoms with Crippen molar-refractivity contribution in [3.8, 4) is 0 Å². The van der Waals surface area contributed by atoms with Gasteiger partial charge < -0.3 is 5.73 Å². The van der Waals surface area contributed by atoms with Crippen LogP contribution in [0.4, 0.5) is 4.39 Å². The van der Waals surface area contributed by atoms with Crippen LogP contribution in [0.1, 0.15) is 19.4 Å². The lowest BCUT2D eigenvalue weighted by molar-refractivity contribution is 0.627. The van der Waals surface area contributed by atoms with Crippen molar-refractivity contribution < 1.29 is 4.39 Å². The molecule has 0 saturated heterocycles. The highest BCUT2D eigenvalue weighted by Gasteiger charge is 1.98. The SMILES string of the molecule is CC(C)N=C(N)Cc1ccc(F)cc1. The minimum atomic E-state index is -0.229. The van der Waals surface area contributed by atoms with Crippen molar-refractivity contribution in [3.63, 3.8) is 0 Å². The second kappa shape index (κ2) is 4.74. The Morgan fingerprint density at radius 3 is 2.43 bits per heavy atom. The average molecular weight is 194 g/mol. The molecular formula is C11H15FN2. The van der Waals surface area contributed by atoms with Crippen molar-refractivity contribution in [2.24, 2.45) is 10.7 Å². The number of halogens is 1. The molecule has 0 unspecified atom stereocenters. The van der Waals surface area contributed by atoms with E-state index in [4.69, 9.17) is 5.73 Å². The molecule has 0 saturated carbocycles. The van der Waals surface area contributed by atoms with Crippen molar-refractivity contribution in [1.29, 1.82) is 0 Å². The fraction of sp³-hybridized carbons (Fsp3) is 0.364. The predicted molar refractivity (Wildman–Crippen MR) is 56.9 cm³/mol. The number of hydrogen-bond acceptors (Lipinski definition) is 1. The highest BCUT2D eigenvalue weighted by molar-refractivity contribution is 5.82. The van der Waals surface area contributed by atoms with E-state index in [1.165, 1.54) is 12.1 Å².